The summed E-state index contributed by atoms with van der Waals surface area (Å²) in [6.45, 7) is 3.56. The van der Waals surface area contributed by atoms with Crippen molar-refractivity contribution in [2.24, 2.45) is 0 Å². The quantitative estimate of drug-likeness (QED) is 0.704. The largest absolute Gasteiger partial charge is 0.394 e. The van der Waals surface area contributed by atoms with Crippen LogP contribution in [0.2, 0.25) is 0 Å². The van der Waals surface area contributed by atoms with Gasteiger partial charge in [-0.1, -0.05) is 0 Å². The molecule has 0 saturated carbocycles. The first-order chi connectivity index (χ1) is 7.04. The van der Waals surface area contributed by atoms with E-state index in [-0.39, 0.29) is 19.0 Å². The van der Waals surface area contributed by atoms with Gasteiger partial charge >= 0.3 is 0 Å². The lowest BCUT2D eigenvalue weighted by Crippen LogP contribution is -2.23. The highest BCUT2D eigenvalue weighted by Crippen LogP contribution is 2.21. The third-order valence-corrected chi connectivity index (χ3v) is 2.22. The minimum atomic E-state index is -0.797. The molecule has 15 heavy (non-hydrogen) atoms. The second-order valence-corrected chi connectivity index (χ2v) is 3.63. The fourth-order valence-electron chi connectivity index (χ4n) is 1.47. The third-order valence-electron chi connectivity index (χ3n) is 2.22. The number of anilines is 1. The molecule has 3 N–H and O–H groups in total. The molecule has 1 aromatic carbocycles. The van der Waals surface area contributed by atoms with E-state index in [4.69, 9.17) is 10.2 Å². The van der Waals surface area contributed by atoms with Gasteiger partial charge in [-0.05, 0) is 37.1 Å². The number of aryl methyl sites for hydroxylation is 2. The van der Waals surface area contributed by atoms with Crippen LogP contribution >= 0.6 is 0 Å². The Balaban J connectivity index is 2.77. The molecular weight excluding hydrogens is 197 g/mol. The first-order valence-corrected chi connectivity index (χ1v) is 4.84. The zero-order chi connectivity index (χ0) is 11.4. The predicted octanol–water partition coefficient (Wildman–Crippen LogP) is 1.21. The molecule has 0 heterocycles. The van der Waals surface area contributed by atoms with E-state index in [1.54, 1.807) is 13.8 Å². The molecule has 1 rings (SSSR count). The van der Waals surface area contributed by atoms with Crippen molar-refractivity contribution in [3.05, 3.63) is 29.1 Å². The fourth-order valence-corrected chi connectivity index (χ4v) is 1.47. The number of hydrogen-bond donors (Lipinski definition) is 3. The summed E-state index contributed by atoms with van der Waals surface area (Å²) in [4.78, 5) is 0. The van der Waals surface area contributed by atoms with Gasteiger partial charge in [-0.15, -0.1) is 0 Å². The highest BCUT2D eigenvalue weighted by atomic mass is 19.1. The van der Waals surface area contributed by atoms with Crippen molar-refractivity contribution in [2.45, 2.75) is 20.0 Å². The number of aliphatic hydroxyl groups is 2. The molecule has 0 saturated heterocycles. The van der Waals surface area contributed by atoms with Crippen LogP contribution < -0.4 is 5.32 Å². The van der Waals surface area contributed by atoms with Crippen LogP contribution in [0.4, 0.5) is 10.1 Å². The topological polar surface area (TPSA) is 52.5 Å². The third kappa shape index (κ3) is 3.18. The summed E-state index contributed by atoms with van der Waals surface area (Å²) >= 11 is 0. The summed E-state index contributed by atoms with van der Waals surface area (Å²) in [5, 5.41) is 20.8. The van der Waals surface area contributed by atoms with Crippen molar-refractivity contribution < 1.29 is 14.6 Å². The van der Waals surface area contributed by atoms with E-state index in [0.717, 1.165) is 16.8 Å². The summed E-state index contributed by atoms with van der Waals surface area (Å²) in [5.74, 6) is -0.266. The molecule has 4 heteroatoms. The maximum absolute atomic E-state index is 13.0. The number of rotatable bonds is 4. The van der Waals surface area contributed by atoms with Crippen LogP contribution in [0.1, 0.15) is 11.1 Å². The molecule has 1 atom stereocenters. The normalized spacial score (nSPS) is 12.6. The number of hydrogen-bond acceptors (Lipinski definition) is 3. The Bertz CT molecular complexity index is 318. The Kier molecular flexibility index (Phi) is 4.05. The SMILES string of the molecule is Cc1cc(F)cc(C)c1NCC(O)CO. The molecule has 0 fully saturated rings. The molecule has 1 aromatic rings. The van der Waals surface area contributed by atoms with Crippen molar-refractivity contribution in [3.8, 4) is 0 Å². The minimum absolute atomic E-state index is 0.254. The monoisotopic (exact) mass is 213 g/mol. The Labute approximate surface area is 88.6 Å². The van der Waals surface area contributed by atoms with Gasteiger partial charge in [0.2, 0.25) is 0 Å². The van der Waals surface area contributed by atoms with E-state index in [9.17, 15) is 4.39 Å². The molecule has 0 radical (unpaired) electrons. The highest BCUT2D eigenvalue weighted by Gasteiger charge is 2.07. The molecule has 0 aromatic heterocycles. The Morgan fingerprint density at radius 3 is 2.33 bits per heavy atom. The Hall–Kier alpha value is -1.13. The smallest absolute Gasteiger partial charge is 0.123 e. The molecule has 3 nitrogen and oxygen atoms in total. The molecule has 0 aliphatic heterocycles. The lowest BCUT2D eigenvalue weighted by atomic mass is 10.1. The van der Waals surface area contributed by atoms with Gasteiger partial charge < -0.3 is 15.5 Å². The van der Waals surface area contributed by atoms with Crippen LogP contribution in [-0.4, -0.2) is 29.5 Å². The van der Waals surface area contributed by atoms with Crippen LogP contribution in [0.15, 0.2) is 12.1 Å². The van der Waals surface area contributed by atoms with Crippen molar-refractivity contribution >= 4 is 5.69 Å². The summed E-state index contributed by atoms with van der Waals surface area (Å²) in [6.07, 6.45) is -0.797. The van der Waals surface area contributed by atoms with Gasteiger partial charge in [-0.25, -0.2) is 4.39 Å². The molecule has 0 amide bonds. The number of aliphatic hydroxyl groups excluding tert-OH is 2. The molecular formula is C11H16FNO2. The van der Waals surface area contributed by atoms with Gasteiger partial charge in [0.15, 0.2) is 0 Å². The van der Waals surface area contributed by atoms with Gasteiger partial charge in [0.25, 0.3) is 0 Å². The average Bonchev–Trinajstić information content (AvgIpc) is 2.15. The van der Waals surface area contributed by atoms with Crippen LogP contribution in [-0.2, 0) is 0 Å². The number of halogens is 1. The lowest BCUT2D eigenvalue weighted by molar-refractivity contribution is 0.105. The van der Waals surface area contributed by atoms with E-state index >= 15 is 0 Å². The Morgan fingerprint density at radius 2 is 1.87 bits per heavy atom. The molecule has 0 aliphatic rings. The van der Waals surface area contributed by atoms with Gasteiger partial charge in [-0.2, -0.15) is 0 Å². The van der Waals surface area contributed by atoms with E-state index in [1.165, 1.54) is 12.1 Å². The summed E-state index contributed by atoms with van der Waals surface area (Å²) in [5.41, 5.74) is 2.39. The maximum Gasteiger partial charge on any atom is 0.123 e. The number of benzene rings is 1. The minimum Gasteiger partial charge on any atom is -0.394 e. The van der Waals surface area contributed by atoms with Gasteiger partial charge in [0.1, 0.15) is 5.82 Å². The zero-order valence-corrected chi connectivity index (χ0v) is 8.92. The summed E-state index contributed by atoms with van der Waals surface area (Å²) in [7, 11) is 0. The molecule has 84 valence electrons. The van der Waals surface area contributed by atoms with Crippen LogP contribution in [0.5, 0.6) is 0 Å². The maximum atomic E-state index is 13.0. The molecule has 0 bridgehead atoms. The first kappa shape index (κ1) is 11.9. The van der Waals surface area contributed by atoms with Crippen molar-refractivity contribution in [1.82, 2.24) is 0 Å². The van der Waals surface area contributed by atoms with E-state index in [1.807, 2.05) is 0 Å². The van der Waals surface area contributed by atoms with Crippen molar-refractivity contribution in [1.29, 1.82) is 0 Å². The van der Waals surface area contributed by atoms with Crippen LogP contribution in [0, 0.1) is 19.7 Å². The molecule has 0 spiro atoms. The lowest BCUT2D eigenvalue weighted by Gasteiger charge is -2.15. The predicted molar refractivity (Wildman–Crippen MR) is 57.5 cm³/mol. The standard InChI is InChI=1S/C11H16FNO2/c1-7-3-9(12)4-8(2)11(7)13-5-10(15)6-14/h3-4,10,13-15H,5-6H2,1-2H3. The fraction of sp³-hybridized carbons (Fsp3) is 0.455. The van der Waals surface area contributed by atoms with E-state index < -0.39 is 6.10 Å². The molecule has 1 unspecified atom stereocenters. The van der Waals surface area contributed by atoms with Crippen molar-refractivity contribution in [2.75, 3.05) is 18.5 Å². The first-order valence-electron chi connectivity index (χ1n) is 4.84. The van der Waals surface area contributed by atoms with Crippen LogP contribution in [0.25, 0.3) is 0 Å². The Morgan fingerprint density at radius 1 is 1.33 bits per heavy atom. The van der Waals surface area contributed by atoms with Crippen molar-refractivity contribution in [3.63, 3.8) is 0 Å². The van der Waals surface area contributed by atoms with Gasteiger partial charge in [0, 0.05) is 12.2 Å². The second kappa shape index (κ2) is 5.09. The zero-order valence-electron chi connectivity index (χ0n) is 8.92. The second-order valence-electron chi connectivity index (χ2n) is 3.63. The average molecular weight is 213 g/mol. The van der Waals surface area contributed by atoms with Crippen LogP contribution in [0.3, 0.4) is 0 Å². The van der Waals surface area contributed by atoms with Gasteiger partial charge in [-0.3, -0.25) is 0 Å². The summed E-state index contributed by atoms with van der Waals surface area (Å²) in [6, 6.07) is 2.86. The van der Waals surface area contributed by atoms with Gasteiger partial charge in [0.05, 0.1) is 12.7 Å². The van der Waals surface area contributed by atoms with E-state index in [0.29, 0.717) is 0 Å². The summed E-state index contributed by atoms with van der Waals surface area (Å²) < 4.78 is 13.0. The van der Waals surface area contributed by atoms with E-state index in [2.05, 4.69) is 5.32 Å². The molecule has 0 aliphatic carbocycles. The number of nitrogens with one attached hydrogen (secondary N) is 1. The highest BCUT2D eigenvalue weighted by molar-refractivity contribution is 5.56.